The highest BCUT2D eigenvalue weighted by molar-refractivity contribution is 9.11. The summed E-state index contributed by atoms with van der Waals surface area (Å²) >= 11 is 7.52. The fourth-order valence-electron chi connectivity index (χ4n) is 2.80. The molecule has 0 saturated heterocycles. The molecule has 1 fully saturated rings. The fraction of sp³-hybridized carbons (Fsp3) is 0.571. The van der Waals surface area contributed by atoms with E-state index in [9.17, 15) is 0 Å². The molecule has 1 atom stereocenters. The van der Waals surface area contributed by atoms with Crippen LogP contribution in [0, 0.1) is 5.92 Å². The largest absolute Gasteiger partial charge is 0.486 e. The van der Waals surface area contributed by atoms with Gasteiger partial charge in [0.1, 0.15) is 13.2 Å². The summed E-state index contributed by atoms with van der Waals surface area (Å²) in [6.07, 6.45) is 5.34. The van der Waals surface area contributed by atoms with Gasteiger partial charge in [0.15, 0.2) is 11.5 Å². The number of fused-ring (bicyclic) bond motifs is 1. The van der Waals surface area contributed by atoms with Crippen LogP contribution < -0.4 is 9.47 Å². The third-order valence-corrected chi connectivity index (χ3v) is 5.70. The molecule has 2 nitrogen and oxygen atoms in total. The first kappa shape index (κ1) is 12.8. The van der Waals surface area contributed by atoms with E-state index in [4.69, 9.17) is 9.47 Å². The first-order chi connectivity index (χ1) is 8.75. The maximum atomic E-state index is 5.67. The molecule has 2 aliphatic rings. The lowest BCUT2D eigenvalue weighted by atomic mass is 9.97. The molecule has 1 saturated carbocycles. The van der Waals surface area contributed by atoms with Gasteiger partial charge in [-0.1, -0.05) is 44.7 Å². The molecule has 0 N–H and O–H groups in total. The lowest BCUT2D eigenvalue weighted by Gasteiger charge is -2.23. The zero-order valence-electron chi connectivity index (χ0n) is 10.1. The predicted octanol–water partition coefficient (Wildman–Crippen LogP) is 4.85. The Morgan fingerprint density at radius 1 is 1.06 bits per heavy atom. The summed E-state index contributed by atoms with van der Waals surface area (Å²) in [6, 6.07) is 4.16. The van der Waals surface area contributed by atoms with Crippen molar-refractivity contribution in [2.24, 2.45) is 5.92 Å². The average Bonchev–Trinajstić information content (AvgIpc) is 2.91. The molecule has 0 amide bonds. The second-order valence-electron chi connectivity index (χ2n) is 4.96. The SMILES string of the molecule is Brc1cc2c(cc1C(Br)C1CCCC1)OCCO2. The molecule has 1 aliphatic heterocycles. The van der Waals surface area contributed by atoms with Crippen molar-refractivity contribution in [3.05, 3.63) is 22.2 Å². The maximum Gasteiger partial charge on any atom is 0.162 e. The number of rotatable bonds is 2. The molecule has 18 heavy (non-hydrogen) atoms. The molecule has 0 bridgehead atoms. The van der Waals surface area contributed by atoms with Crippen LogP contribution in [0.2, 0.25) is 0 Å². The number of benzene rings is 1. The fourth-order valence-corrected chi connectivity index (χ4v) is 4.58. The monoisotopic (exact) mass is 374 g/mol. The highest BCUT2D eigenvalue weighted by atomic mass is 79.9. The van der Waals surface area contributed by atoms with Crippen molar-refractivity contribution in [1.82, 2.24) is 0 Å². The van der Waals surface area contributed by atoms with Crippen LogP contribution in [-0.4, -0.2) is 13.2 Å². The van der Waals surface area contributed by atoms with E-state index in [2.05, 4.69) is 37.9 Å². The Labute approximate surface area is 124 Å². The van der Waals surface area contributed by atoms with Gasteiger partial charge in [-0.05, 0) is 36.5 Å². The van der Waals surface area contributed by atoms with Crippen LogP contribution >= 0.6 is 31.9 Å². The Kier molecular flexibility index (Phi) is 3.85. The first-order valence-corrected chi connectivity index (χ1v) is 8.19. The Morgan fingerprint density at radius 2 is 1.67 bits per heavy atom. The molecular weight excluding hydrogens is 360 g/mol. The molecule has 1 aromatic carbocycles. The van der Waals surface area contributed by atoms with Crippen LogP contribution in [0.5, 0.6) is 11.5 Å². The quantitative estimate of drug-likeness (QED) is 0.688. The Bertz CT molecular complexity index is 442. The summed E-state index contributed by atoms with van der Waals surface area (Å²) in [7, 11) is 0. The predicted molar refractivity (Wildman–Crippen MR) is 78.8 cm³/mol. The molecule has 0 aromatic heterocycles. The van der Waals surface area contributed by atoms with E-state index in [1.807, 2.05) is 6.07 Å². The summed E-state index contributed by atoms with van der Waals surface area (Å²) in [5.41, 5.74) is 1.28. The normalized spacial score (nSPS) is 21.0. The number of hydrogen-bond acceptors (Lipinski definition) is 2. The second-order valence-corrected chi connectivity index (χ2v) is 6.80. The smallest absolute Gasteiger partial charge is 0.162 e. The summed E-state index contributed by atoms with van der Waals surface area (Å²) in [5, 5.41) is 0. The molecule has 1 aromatic rings. The summed E-state index contributed by atoms with van der Waals surface area (Å²) in [4.78, 5) is 0.408. The van der Waals surface area contributed by atoms with E-state index in [0.29, 0.717) is 18.0 Å². The molecule has 1 aliphatic carbocycles. The van der Waals surface area contributed by atoms with Crippen LogP contribution in [0.4, 0.5) is 0 Å². The van der Waals surface area contributed by atoms with Crippen molar-refractivity contribution in [3.63, 3.8) is 0 Å². The highest BCUT2D eigenvalue weighted by Crippen LogP contribution is 2.46. The van der Waals surface area contributed by atoms with Crippen molar-refractivity contribution in [2.45, 2.75) is 30.5 Å². The minimum absolute atomic E-state index is 0.408. The standard InChI is InChI=1S/C14H16Br2O2/c15-11-8-13-12(17-5-6-18-13)7-10(11)14(16)9-3-1-2-4-9/h7-9,14H,1-6H2. The van der Waals surface area contributed by atoms with Gasteiger partial charge in [-0.15, -0.1) is 0 Å². The molecule has 98 valence electrons. The molecule has 1 heterocycles. The Balaban J connectivity index is 1.90. The van der Waals surface area contributed by atoms with E-state index < -0.39 is 0 Å². The van der Waals surface area contributed by atoms with E-state index >= 15 is 0 Å². The minimum atomic E-state index is 0.408. The topological polar surface area (TPSA) is 18.5 Å². The Hall–Kier alpha value is -0.220. The zero-order valence-corrected chi connectivity index (χ0v) is 13.3. The van der Waals surface area contributed by atoms with Gasteiger partial charge in [0.2, 0.25) is 0 Å². The number of ether oxygens (including phenoxy) is 2. The van der Waals surface area contributed by atoms with E-state index in [0.717, 1.165) is 21.9 Å². The molecule has 4 heteroatoms. The van der Waals surface area contributed by atoms with Crippen molar-refractivity contribution in [2.75, 3.05) is 13.2 Å². The first-order valence-electron chi connectivity index (χ1n) is 6.49. The number of halogens is 2. The minimum Gasteiger partial charge on any atom is -0.486 e. The van der Waals surface area contributed by atoms with Crippen LogP contribution in [0.1, 0.15) is 36.1 Å². The molecule has 0 radical (unpaired) electrons. The van der Waals surface area contributed by atoms with Crippen molar-refractivity contribution in [1.29, 1.82) is 0 Å². The number of hydrogen-bond donors (Lipinski definition) is 0. The molecule has 1 unspecified atom stereocenters. The van der Waals surface area contributed by atoms with Crippen molar-refractivity contribution in [3.8, 4) is 11.5 Å². The lowest BCUT2D eigenvalue weighted by Crippen LogP contribution is -2.16. The van der Waals surface area contributed by atoms with Crippen LogP contribution in [0.25, 0.3) is 0 Å². The van der Waals surface area contributed by atoms with Crippen LogP contribution in [0.15, 0.2) is 16.6 Å². The van der Waals surface area contributed by atoms with Gasteiger partial charge < -0.3 is 9.47 Å². The van der Waals surface area contributed by atoms with Gasteiger partial charge in [-0.3, -0.25) is 0 Å². The van der Waals surface area contributed by atoms with Gasteiger partial charge in [0.05, 0.1) is 0 Å². The summed E-state index contributed by atoms with van der Waals surface area (Å²) in [6.45, 7) is 1.28. The maximum absolute atomic E-state index is 5.67. The van der Waals surface area contributed by atoms with Crippen molar-refractivity contribution < 1.29 is 9.47 Å². The average molecular weight is 376 g/mol. The van der Waals surface area contributed by atoms with Crippen LogP contribution in [0.3, 0.4) is 0 Å². The van der Waals surface area contributed by atoms with Gasteiger partial charge >= 0.3 is 0 Å². The Morgan fingerprint density at radius 3 is 2.33 bits per heavy atom. The highest BCUT2D eigenvalue weighted by Gasteiger charge is 2.27. The lowest BCUT2D eigenvalue weighted by molar-refractivity contribution is 0.171. The zero-order chi connectivity index (χ0) is 12.5. The van der Waals surface area contributed by atoms with Gasteiger partial charge in [0, 0.05) is 9.30 Å². The van der Waals surface area contributed by atoms with Gasteiger partial charge in [-0.25, -0.2) is 0 Å². The molecule has 3 rings (SSSR count). The molecular formula is C14H16Br2O2. The van der Waals surface area contributed by atoms with Crippen LogP contribution in [-0.2, 0) is 0 Å². The van der Waals surface area contributed by atoms with E-state index in [-0.39, 0.29) is 0 Å². The number of alkyl halides is 1. The second kappa shape index (κ2) is 5.41. The van der Waals surface area contributed by atoms with E-state index in [1.54, 1.807) is 0 Å². The third-order valence-electron chi connectivity index (χ3n) is 3.77. The summed E-state index contributed by atoms with van der Waals surface area (Å²) in [5.74, 6) is 2.47. The van der Waals surface area contributed by atoms with Crippen molar-refractivity contribution >= 4 is 31.9 Å². The van der Waals surface area contributed by atoms with Gasteiger partial charge in [-0.2, -0.15) is 0 Å². The molecule has 0 spiro atoms. The van der Waals surface area contributed by atoms with Gasteiger partial charge in [0.25, 0.3) is 0 Å². The third kappa shape index (κ3) is 2.42. The van der Waals surface area contributed by atoms with E-state index in [1.165, 1.54) is 31.2 Å². The summed E-state index contributed by atoms with van der Waals surface area (Å²) < 4.78 is 12.4.